The minimum absolute atomic E-state index is 0.130. The zero-order chi connectivity index (χ0) is 19.0. The van der Waals surface area contributed by atoms with Gasteiger partial charge in [0.25, 0.3) is 10.0 Å². The highest BCUT2D eigenvalue weighted by Crippen LogP contribution is 2.37. The first-order valence-electron chi connectivity index (χ1n) is 8.55. The van der Waals surface area contributed by atoms with E-state index in [4.69, 9.17) is 5.73 Å². The number of benzene rings is 3. The number of hydrogen-bond acceptors (Lipinski definition) is 3. The third-order valence-corrected chi connectivity index (χ3v) is 6.61. The molecule has 0 saturated heterocycles. The van der Waals surface area contributed by atoms with E-state index in [1.54, 1.807) is 36.4 Å². The highest BCUT2D eigenvalue weighted by Gasteiger charge is 2.41. The van der Waals surface area contributed by atoms with Crippen LogP contribution in [0.1, 0.15) is 5.56 Å². The van der Waals surface area contributed by atoms with Crippen molar-refractivity contribution in [3.8, 4) is 11.1 Å². The van der Waals surface area contributed by atoms with Gasteiger partial charge in [0.15, 0.2) is 0 Å². The summed E-state index contributed by atoms with van der Waals surface area (Å²) < 4.78 is 27.7. The minimum atomic E-state index is -3.91. The van der Waals surface area contributed by atoms with Crippen LogP contribution in [0.5, 0.6) is 0 Å². The Kier molecular flexibility index (Phi) is 4.20. The van der Waals surface area contributed by atoms with Gasteiger partial charge in [-0.25, -0.2) is 8.42 Å². The Morgan fingerprint density at radius 3 is 2.11 bits per heavy atom. The van der Waals surface area contributed by atoms with E-state index in [0.717, 1.165) is 21.0 Å². The average molecular weight is 378 g/mol. The lowest BCUT2D eigenvalue weighted by atomic mass is 10.1. The number of anilines is 1. The summed E-state index contributed by atoms with van der Waals surface area (Å²) in [6.45, 7) is 0. The fraction of sp³-hybridized carbons (Fsp3) is 0.0952. The van der Waals surface area contributed by atoms with Crippen molar-refractivity contribution in [2.24, 2.45) is 5.73 Å². The van der Waals surface area contributed by atoms with Gasteiger partial charge in [-0.1, -0.05) is 60.7 Å². The Labute approximate surface area is 158 Å². The van der Waals surface area contributed by atoms with Gasteiger partial charge in [-0.05, 0) is 34.9 Å². The molecule has 5 nitrogen and oxygen atoms in total. The van der Waals surface area contributed by atoms with Gasteiger partial charge in [-0.15, -0.1) is 0 Å². The molecule has 1 heterocycles. The van der Waals surface area contributed by atoms with Crippen molar-refractivity contribution in [3.05, 3.63) is 84.4 Å². The molecule has 1 aliphatic rings. The molecule has 4 rings (SSSR count). The number of carbonyl (C=O) groups excluding carboxylic acids is 1. The molecule has 1 amide bonds. The van der Waals surface area contributed by atoms with Gasteiger partial charge < -0.3 is 5.73 Å². The molecule has 1 atom stereocenters. The average Bonchev–Trinajstić information content (AvgIpc) is 3.09. The number of fused-ring (bicyclic) bond motifs is 1. The van der Waals surface area contributed by atoms with Crippen molar-refractivity contribution in [1.82, 2.24) is 0 Å². The van der Waals surface area contributed by atoms with E-state index >= 15 is 0 Å². The minimum Gasteiger partial charge on any atom is -0.368 e. The molecule has 0 bridgehead atoms. The third-order valence-electron chi connectivity index (χ3n) is 4.77. The Balaban J connectivity index is 1.75. The fourth-order valence-corrected chi connectivity index (χ4v) is 5.09. The molecule has 0 aliphatic carbocycles. The van der Waals surface area contributed by atoms with Crippen LogP contribution < -0.4 is 10.0 Å². The molecule has 6 heteroatoms. The van der Waals surface area contributed by atoms with Crippen LogP contribution in [-0.4, -0.2) is 20.4 Å². The van der Waals surface area contributed by atoms with Gasteiger partial charge in [0, 0.05) is 6.42 Å². The van der Waals surface area contributed by atoms with E-state index in [2.05, 4.69) is 0 Å². The molecule has 3 aromatic carbocycles. The highest BCUT2D eigenvalue weighted by atomic mass is 32.2. The van der Waals surface area contributed by atoms with E-state index in [0.29, 0.717) is 5.69 Å². The number of nitrogens with zero attached hydrogens (tertiary/aromatic N) is 1. The molecule has 2 N–H and O–H groups in total. The second-order valence-corrected chi connectivity index (χ2v) is 8.26. The summed E-state index contributed by atoms with van der Waals surface area (Å²) in [4.78, 5) is 12.0. The van der Waals surface area contributed by atoms with E-state index in [1.807, 2.05) is 42.5 Å². The van der Waals surface area contributed by atoms with Gasteiger partial charge in [0.05, 0.1) is 10.6 Å². The molecule has 0 saturated carbocycles. The van der Waals surface area contributed by atoms with Crippen molar-refractivity contribution in [1.29, 1.82) is 0 Å². The van der Waals surface area contributed by atoms with Crippen molar-refractivity contribution in [3.63, 3.8) is 0 Å². The molecule has 0 spiro atoms. The maximum absolute atomic E-state index is 13.3. The molecule has 27 heavy (non-hydrogen) atoms. The van der Waals surface area contributed by atoms with Gasteiger partial charge in [-0.2, -0.15) is 0 Å². The van der Waals surface area contributed by atoms with Crippen molar-refractivity contribution in [2.45, 2.75) is 17.4 Å². The maximum atomic E-state index is 13.3. The van der Waals surface area contributed by atoms with Gasteiger partial charge in [0.1, 0.15) is 6.04 Å². The predicted molar refractivity (Wildman–Crippen MR) is 105 cm³/mol. The number of amides is 1. The lowest BCUT2D eigenvalue weighted by Gasteiger charge is -2.25. The third kappa shape index (κ3) is 2.98. The van der Waals surface area contributed by atoms with Crippen LogP contribution in [0.2, 0.25) is 0 Å². The number of hydrogen-bond donors (Lipinski definition) is 1. The zero-order valence-electron chi connectivity index (χ0n) is 14.4. The largest absolute Gasteiger partial charge is 0.368 e. The SMILES string of the molecule is NC(=O)C1Cc2ccccc2N1S(=O)(=O)c1ccc(-c2ccccc2)cc1. The highest BCUT2D eigenvalue weighted by molar-refractivity contribution is 7.93. The van der Waals surface area contributed by atoms with E-state index in [1.165, 1.54) is 0 Å². The van der Waals surface area contributed by atoms with Crippen LogP contribution in [0, 0.1) is 0 Å². The van der Waals surface area contributed by atoms with Crippen molar-refractivity contribution in [2.75, 3.05) is 4.31 Å². The summed E-state index contributed by atoms with van der Waals surface area (Å²) in [7, 11) is -3.91. The molecule has 1 aliphatic heterocycles. The topological polar surface area (TPSA) is 80.5 Å². The van der Waals surface area contributed by atoms with E-state index in [-0.39, 0.29) is 11.3 Å². The number of sulfonamides is 1. The molecular formula is C21H18N2O3S. The number of primary amides is 1. The lowest BCUT2D eigenvalue weighted by molar-refractivity contribution is -0.118. The number of nitrogens with two attached hydrogens (primary N) is 1. The number of carbonyl (C=O) groups is 1. The molecule has 136 valence electrons. The second kappa shape index (κ2) is 6.55. The van der Waals surface area contributed by atoms with E-state index in [9.17, 15) is 13.2 Å². The quantitative estimate of drug-likeness (QED) is 0.758. The molecule has 0 radical (unpaired) electrons. The monoisotopic (exact) mass is 378 g/mol. The van der Waals surface area contributed by atoms with Gasteiger partial charge >= 0.3 is 0 Å². The fourth-order valence-electron chi connectivity index (χ4n) is 3.43. The second-order valence-electron chi connectivity index (χ2n) is 6.44. The van der Waals surface area contributed by atoms with Crippen LogP contribution in [-0.2, 0) is 21.2 Å². The van der Waals surface area contributed by atoms with Crippen molar-refractivity contribution >= 4 is 21.6 Å². The van der Waals surface area contributed by atoms with Gasteiger partial charge in [0.2, 0.25) is 5.91 Å². The molecule has 3 aromatic rings. The molecular weight excluding hydrogens is 360 g/mol. The van der Waals surface area contributed by atoms with Crippen molar-refractivity contribution < 1.29 is 13.2 Å². The Bertz CT molecular complexity index is 1090. The molecule has 0 aromatic heterocycles. The maximum Gasteiger partial charge on any atom is 0.265 e. The summed E-state index contributed by atoms with van der Waals surface area (Å²) >= 11 is 0. The molecule has 1 unspecified atom stereocenters. The molecule has 0 fully saturated rings. The standard InChI is InChI=1S/C21H18N2O3S/c22-21(24)20-14-17-8-4-5-9-19(17)23(20)27(25,26)18-12-10-16(11-13-18)15-6-2-1-3-7-15/h1-13,20H,14H2,(H2,22,24). The van der Waals surface area contributed by atoms with Crippen LogP contribution in [0.25, 0.3) is 11.1 Å². The first-order valence-corrected chi connectivity index (χ1v) is 9.99. The summed E-state index contributed by atoms with van der Waals surface area (Å²) in [5.74, 6) is -0.657. The number of rotatable bonds is 4. The first kappa shape index (κ1) is 17.3. The Morgan fingerprint density at radius 2 is 1.44 bits per heavy atom. The van der Waals surface area contributed by atoms with Crippen LogP contribution in [0.3, 0.4) is 0 Å². The summed E-state index contributed by atoms with van der Waals surface area (Å²) in [5, 5.41) is 0. The first-order chi connectivity index (χ1) is 13.0. The smallest absolute Gasteiger partial charge is 0.265 e. The zero-order valence-corrected chi connectivity index (χ0v) is 15.3. The van der Waals surface area contributed by atoms with Crippen LogP contribution >= 0.6 is 0 Å². The van der Waals surface area contributed by atoms with Crippen LogP contribution in [0.15, 0.2) is 83.8 Å². The Hall–Kier alpha value is -3.12. The van der Waals surface area contributed by atoms with Crippen LogP contribution in [0.4, 0.5) is 5.69 Å². The van der Waals surface area contributed by atoms with Gasteiger partial charge in [-0.3, -0.25) is 9.10 Å². The summed E-state index contributed by atoms with van der Waals surface area (Å²) in [5.41, 5.74) is 8.72. The lowest BCUT2D eigenvalue weighted by Crippen LogP contribution is -2.45. The predicted octanol–water partition coefficient (Wildman–Crippen LogP) is 2.96. The normalized spacial score (nSPS) is 16.1. The summed E-state index contributed by atoms with van der Waals surface area (Å²) in [6, 6.07) is 22.6. The summed E-state index contributed by atoms with van der Waals surface area (Å²) in [6.07, 6.45) is 0.285. The number of para-hydroxylation sites is 1. The Morgan fingerprint density at radius 1 is 0.852 bits per heavy atom. The van der Waals surface area contributed by atoms with E-state index < -0.39 is 22.0 Å².